The van der Waals surface area contributed by atoms with Gasteiger partial charge in [0.25, 0.3) is 0 Å². The second-order valence-corrected chi connectivity index (χ2v) is 4.17. The van der Waals surface area contributed by atoms with Gasteiger partial charge in [-0.05, 0) is 25.0 Å². The molecule has 0 heterocycles. The van der Waals surface area contributed by atoms with E-state index in [2.05, 4.69) is 13.2 Å². The molecule has 0 aromatic rings. The Kier molecular flexibility index (Phi) is 9.27. The molecule has 0 radical (unpaired) electrons. The van der Waals surface area contributed by atoms with E-state index in [0.717, 1.165) is 22.0 Å². The predicted octanol–water partition coefficient (Wildman–Crippen LogP) is 0.404. The molecule has 0 rings (SSSR count). The minimum atomic E-state index is -0.739. The Morgan fingerprint density at radius 3 is 1.52 bits per heavy atom. The van der Waals surface area contributed by atoms with E-state index in [1.165, 1.54) is 0 Å². The maximum absolute atomic E-state index is 11.7. The molecule has 21 heavy (non-hydrogen) atoms. The van der Waals surface area contributed by atoms with Crippen molar-refractivity contribution < 1.29 is 24.5 Å². The highest BCUT2D eigenvalue weighted by molar-refractivity contribution is 5.87. The third kappa shape index (κ3) is 5.30. The number of carbonyl (C=O) groups excluding carboxylic acids is 2. The van der Waals surface area contributed by atoms with Crippen LogP contribution in [0.1, 0.15) is 26.7 Å². The van der Waals surface area contributed by atoms with Crippen molar-refractivity contribution in [2.24, 2.45) is 0 Å². The molecule has 2 N–H and O–H groups in total. The van der Waals surface area contributed by atoms with Gasteiger partial charge in [0, 0.05) is 0 Å². The third-order valence-electron chi connectivity index (χ3n) is 2.93. The molecule has 7 heteroatoms. The molecule has 120 valence electrons. The van der Waals surface area contributed by atoms with Crippen LogP contribution in [0.25, 0.3) is 0 Å². The van der Waals surface area contributed by atoms with Gasteiger partial charge in [0.15, 0.2) is 0 Å². The van der Waals surface area contributed by atoms with Crippen molar-refractivity contribution in [3.05, 3.63) is 25.3 Å². The van der Waals surface area contributed by atoms with Gasteiger partial charge in [0.2, 0.25) is 11.8 Å². The van der Waals surface area contributed by atoms with Crippen LogP contribution in [0.15, 0.2) is 25.3 Å². The van der Waals surface area contributed by atoms with E-state index in [-0.39, 0.29) is 0 Å². The minimum absolute atomic E-state index is 0.401. The Labute approximate surface area is 125 Å². The number of ether oxygens (including phenoxy) is 1. The van der Waals surface area contributed by atoms with Crippen LogP contribution in [-0.4, -0.2) is 57.7 Å². The molecule has 0 bridgehead atoms. The van der Waals surface area contributed by atoms with Crippen LogP contribution in [0.4, 0.5) is 0 Å². The van der Waals surface area contributed by atoms with Crippen LogP contribution in [0.3, 0.4) is 0 Å². The van der Waals surface area contributed by atoms with Gasteiger partial charge >= 0.3 is 0 Å². The fourth-order valence-corrected chi connectivity index (χ4v) is 1.80. The fourth-order valence-electron chi connectivity index (χ4n) is 1.80. The molecule has 2 atom stereocenters. The first kappa shape index (κ1) is 19.3. The van der Waals surface area contributed by atoms with Crippen molar-refractivity contribution in [3.8, 4) is 0 Å². The van der Waals surface area contributed by atoms with Gasteiger partial charge in [0.1, 0.15) is 25.9 Å². The molecule has 0 saturated carbocycles. The summed E-state index contributed by atoms with van der Waals surface area (Å²) >= 11 is 0. The van der Waals surface area contributed by atoms with E-state index in [4.69, 9.17) is 4.74 Å². The van der Waals surface area contributed by atoms with Gasteiger partial charge in [-0.2, -0.15) is 0 Å². The highest BCUT2D eigenvalue weighted by Crippen LogP contribution is 2.15. The second kappa shape index (κ2) is 10.1. The van der Waals surface area contributed by atoms with Crippen molar-refractivity contribution >= 4 is 11.8 Å². The van der Waals surface area contributed by atoms with Gasteiger partial charge in [-0.15, -0.1) is 0 Å². The van der Waals surface area contributed by atoms with Gasteiger partial charge in [0.05, 0.1) is 0 Å². The standard InChI is InChI=1S/C14H24N2O5/c1-5-11(19)15(9-17)13(7-3)21-14(8-4)16(10-18)12(20)6-2/h5-6,13-14,17-18H,1-2,7-10H2,3-4H3. The average molecular weight is 300 g/mol. The highest BCUT2D eigenvalue weighted by atomic mass is 16.5. The van der Waals surface area contributed by atoms with E-state index < -0.39 is 37.7 Å². The van der Waals surface area contributed by atoms with Crippen LogP contribution in [0, 0.1) is 0 Å². The largest absolute Gasteiger partial charge is 0.376 e. The van der Waals surface area contributed by atoms with Crippen molar-refractivity contribution in [3.63, 3.8) is 0 Å². The lowest BCUT2D eigenvalue weighted by Crippen LogP contribution is -2.49. The first-order valence-electron chi connectivity index (χ1n) is 6.73. The number of aliphatic hydroxyl groups is 2. The highest BCUT2D eigenvalue weighted by Gasteiger charge is 2.27. The zero-order chi connectivity index (χ0) is 16.4. The lowest BCUT2D eigenvalue weighted by atomic mass is 10.3. The summed E-state index contributed by atoms with van der Waals surface area (Å²) in [4.78, 5) is 25.5. The Morgan fingerprint density at radius 2 is 1.33 bits per heavy atom. The monoisotopic (exact) mass is 300 g/mol. The topological polar surface area (TPSA) is 90.3 Å². The molecule has 0 saturated heterocycles. The summed E-state index contributed by atoms with van der Waals surface area (Å²) in [5.41, 5.74) is 0. The van der Waals surface area contributed by atoms with Gasteiger partial charge in [-0.1, -0.05) is 27.0 Å². The summed E-state index contributed by atoms with van der Waals surface area (Å²) in [7, 11) is 0. The number of nitrogens with zero attached hydrogens (tertiary/aromatic N) is 2. The lowest BCUT2D eigenvalue weighted by molar-refractivity contribution is -0.189. The summed E-state index contributed by atoms with van der Waals surface area (Å²) in [6.07, 6.45) is 1.47. The van der Waals surface area contributed by atoms with Crippen molar-refractivity contribution in [1.82, 2.24) is 9.80 Å². The first-order valence-corrected chi connectivity index (χ1v) is 6.73. The molecule has 0 spiro atoms. The van der Waals surface area contributed by atoms with Crippen molar-refractivity contribution in [2.45, 2.75) is 39.1 Å². The third-order valence-corrected chi connectivity index (χ3v) is 2.93. The Bertz CT molecular complexity index is 338. The summed E-state index contributed by atoms with van der Waals surface area (Å²) < 4.78 is 5.70. The van der Waals surface area contributed by atoms with Gasteiger partial charge < -0.3 is 14.9 Å². The number of rotatable bonds is 10. The van der Waals surface area contributed by atoms with Crippen LogP contribution in [0.2, 0.25) is 0 Å². The first-order chi connectivity index (χ1) is 10.00. The maximum atomic E-state index is 11.7. The SMILES string of the molecule is C=CC(=O)N(CO)C(CC)OC(CC)N(CO)C(=O)C=C. The van der Waals surface area contributed by atoms with E-state index in [1.54, 1.807) is 13.8 Å². The lowest BCUT2D eigenvalue weighted by Gasteiger charge is -2.35. The number of hydrogen-bond acceptors (Lipinski definition) is 5. The van der Waals surface area contributed by atoms with Crippen LogP contribution < -0.4 is 0 Å². The Morgan fingerprint density at radius 1 is 1.00 bits per heavy atom. The van der Waals surface area contributed by atoms with Crippen molar-refractivity contribution in [1.29, 1.82) is 0 Å². The summed E-state index contributed by atoms with van der Waals surface area (Å²) in [6, 6.07) is 0. The number of aliphatic hydroxyl groups excluding tert-OH is 2. The molecule has 0 aromatic carbocycles. The van der Waals surface area contributed by atoms with Crippen LogP contribution >= 0.6 is 0 Å². The van der Waals surface area contributed by atoms with Crippen LogP contribution in [0.5, 0.6) is 0 Å². The molecule has 7 nitrogen and oxygen atoms in total. The fraction of sp³-hybridized carbons (Fsp3) is 0.571. The summed E-state index contributed by atoms with van der Waals surface area (Å²) in [6.45, 7) is 9.20. The number of hydrogen-bond donors (Lipinski definition) is 2. The quantitative estimate of drug-likeness (QED) is 0.450. The average Bonchev–Trinajstić information content (AvgIpc) is 2.52. The molecule has 2 unspecified atom stereocenters. The van der Waals surface area contributed by atoms with E-state index in [9.17, 15) is 19.8 Å². The Balaban J connectivity index is 5.12. The second-order valence-electron chi connectivity index (χ2n) is 4.17. The molecule has 0 fully saturated rings. The zero-order valence-corrected chi connectivity index (χ0v) is 12.6. The molecule has 0 aromatic heterocycles. The van der Waals surface area contributed by atoms with E-state index in [0.29, 0.717) is 12.8 Å². The zero-order valence-electron chi connectivity index (χ0n) is 12.6. The normalized spacial score (nSPS) is 13.1. The Hall–Kier alpha value is -1.70. The minimum Gasteiger partial charge on any atom is -0.376 e. The molecule has 0 aliphatic heterocycles. The van der Waals surface area contributed by atoms with Crippen molar-refractivity contribution in [2.75, 3.05) is 13.5 Å². The van der Waals surface area contributed by atoms with E-state index in [1.807, 2.05) is 0 Å². The predicted molar refractivity (Wildman–Crippen MR) is 77.5 cm³/mol. The molecular formula is C14H24N2O5. The summed E-state index contributed by atoms with van der Waals surface area (Å²) in [5.74, 6) is -0.963. The molecule has 0 aliphatic carbocycles. The van der Waals surface area contributed by atoms with Gasteiger partial charge in [-0.3, -0.25) is 19.4 Å². The smallest absolute Gasteiger partial charge is 0.249 e. The van der Waals surface area contributed by atoms with E-state index >= 15 is 0 Å². The van der Waals surface area contributed by atoms with Gasteiger partial charge in [-0.25, -0.2) is 0 Å². The maximum Gasteiger partial charge on any atom is 0.249 e. The number of amides is 2. The molecule has 0 aliphatic rings. The molecular weight excluding hydrogens is 276 g/mol. The molecule has 2 amide bonds. The number of carbonyl (C=O) groups is 2. The van der Waals surface area contributed by atoms with Crippen LogP contribution in [-0.2, 0) is 14.3 Å². The summed E-state index contributed by atoms with van der Waals surface area (Å²) in [5, 5.41) is 18.6.